The van der Waals surface area contributed by atoms with Crippen LogP contribution in [0.25, 0.3) is 22.3 Å². The Labute approximate surface area is 167 Å². The smallest absolute Gasteiger partial charge is 0.147 e. The molecule has 1 aromatic heterocycles. The maximum Gasteiger partial charge on any atom is 0.147 e. The van der Waals surface area contributed by atoms with Crippen molar-refractivity contribution in [3.63, 3.8) is 0 Å². The van der Waals surface area contributed by atoms with Crippen molar-refractivity contribution in [2.24, 2.45) is 5.73 Å². The predicted octanol–water partition coefficient (Wildman–Crippen LogP) is 4.69. The van der Waals surface area contributed by atoms with Gasteiger partial charge in [0, 0.05) is 30.9 Å². The van der Waals surface area contributed by atoms with Gasteiger partial charge in [-0.05, 0) is 49.1 Å². The van der Waals surface area contributed by atoms with Gasteiger partial charge in [0.2, 0.25) is 0 Å². The molecule has 0 saturated heterocycles. The lowest BCUT2D eigenvalue weighted by molar-refractivity contribution is 0.797. The summed E-state index contributed by atoms with van der Waals surface area (Å²) in [6, 6.07) is 21.1. The maximum atomic E-state index is 10.0. The van der Waals surface area contributed by atoms with Crippen molar-refractivity contribution in [2.75, 3.05) is 24.5 Å². The Morgan fingerprint density at radius 3 is 2.32 bits per heavy atom. The molecule has 0 bridgehead atoms. The number of nitriles is 1. The molecule has 0 aliphatic rings. The van der Waals surface area contributed by atoms with Gasteiger partial charge in [0.25, 0.3) is 0 Å². The summed E-state index contributed by atoms with van der Waals surface area (Å²) in [5.41, 5.74) is 12.6. The summed E-state index contributed by atoms with van der Waals surface area (Å²) >= 11 is 0. The van der Waals surface area contributed by atoms with Crippen molar-refractivity contribution >= 4 is 5.82 Å². The third kappa shape index (κ3) is 3.76. The van der Waals surface area contributed by atoms with Gasteiger partial charge in [-0.1, -0.05) is 48.5 Å². The maximum absolute atomic E-state index is 10.0. The number of rotatable bonds is 6. The fraction of sp³-hybridized carbons (Fsp3) is 0.250. The fourth-order valence-corrected chi connectivity index (χ4v) is 3.53. The molecule has 2 N–H and O–H groups in total. The number of aromatic nitrogens is 1. The summed E-state index contributed by atoms with van der Waals surface area (Å²) in [6.45, 7) is 8.04. The molecule has 0 amide bonds. The van der Waals surface area contributed by atoms with Gasteiger partial charge >= 0.3 is 0 Å². The molecule has 142 valence electrons. The zero-order valence-electron chi connectivity index (χ0n) is 16.7. The molecule has 0 radical (unpaired) electrons. The minimum atomic E-state index is 0.520. The minimum absolute atomic E-state index is 0.520. The Morgan fingerprint density at radius 2 is 1.68 bits per heavy atom. The number of hydrogen-bond donors (Lipinski definition) is 1. The first-order chi connectivity index (χ1) is 13.6. The van der Waals surface area contributed by atoms with E-state index < -0.39 is 0 Å². The van der Waals surface area contributed by atoms with Crippen molar-refractivity contribution in [3.05, 3.63) is 71.4 Å². The Kier molecular flexibility index (Phi) is 6.08. The van der Waals surface area contributed by atoms with Gasteiger partial charge in [0.1, 0.15) is 17.5 Å². The molecule has 3 aromatic rings. The van der Waals surface area contributed by atoms with E-state index in [2.05, 4.69) is 48.2 Å². The molecule has 4 nitrogen and oxygen atoms in total. The second-order valence-corrected chi connectivity index (χ2v) is 6.82. The minimum Gasteiger partial charge on any atom is -0.355 e. The molecule has 2 aromatic carbocycles. The number of likely N-dealkylation sites (N-methyl/N-ethyl adjacent to an activating group) is 1. The molecular formula is C24H26N4. The molecule has 0 unspecified atom stereocenters. The molecule has 4 heteroatoms. The van der Waals surface area contributed by atoms with Crippen LogP contribution in [0.5, 0.6) is 0 Å². The van der Waals surface area contributed by atoms with Gasteiger partial charge in [-0.3, -0.25) is 0 Å². The number of nitrogens with two attached hydrogens (primary N) is 1. The number of hydrogen-bond acceptors (Lipinski definition) is 4. The molecular weight excluding hydrogens is 344 g/mol. The molecule has 0 aliphatic carbocycles. The van der Waals surface area contributed by atoms with Crippen LogP contribution in [0, 0.1) is 25.2 Å². The number of pyridine rings is 1. The standard InChI is InChI=1S/C24H26N4/c1-4-28(14-13-25)24-22(16-26)23(17(2)18(3)27-24)21-12-8-11-20(15-21)19-9-6-5-7-10-19/h5-12,15H,4,13-14,25H2,1-3H3. The molecule has 0 aliphatic heterocycles. The molecule has 1 heterocycles. The summed E-state index contributed by atoms with van der Waals surface area (Å²) in [5, 5.41) is 10.0. The lowest BCUT2D eigenvalue weighted by atomic mass is 9.92. The second-order valence-electron chi connectivity index (χ2n) is 6.82. The number of nitrogens with zero attached hydrogens (tertiary/aromatic N) is 3. The average Bonchev–Trinajstić information content (AvgIpc) is 2.74. The van der Waals surface area contributed by atoms with E-state index in [4.69, 9.17) is 10.7 Å². The number of anilines is 1. The van der Waals surface area contributed by atoms with Crippen LogP contribution in [0.4, 0.5) is 5.82 Å². The monoisotopic (exact) mass is 370 g/mol. The van der Waals surface area contributed by atoms with E-state index in [1.807, 2.05) is 38.1 Å². The first kappa shape index (κ1) is 19.6. The highest BCUT2D eigenvalue weighted by molar-refractivity contribution is 5.82. The first-order valence-electron chi connectivity index (χ1n) is 9.62. The zero-order chi connectivity index (χ0) is 20.1. The number of aryl methyl sites for hydroxylation is 1. The van der Waals surface area contributed by atoms with Crippen LogP contribution in [0.1, 0.15) is 23.7 Å². The van der Waals surface area contributed by atoms with Crippen molar-refractivity contribution < 1.29 is 0 Å². The SMILES string of the molecule is CCN(CCN)c1nc(C)c(C)c(-c2cccc(-c3ccccc3)c2)c1C#N. The van der Waals surface area contributed by atoms with Crippen LogP contribution in [0.3, 0.4) is 0 Å². The van der Waals surface area contributed by atoms with Crippen molar-refractivity contribution in [1.29, 1.82) is 5.26 Å². The highest BCUT2D eigenvalue weighted by Crippen LogP contribution is 2.35. The highest BCUT2D eigenvalue weighted by Gasteiger charge is 2.20. The number of benzene rings is 2. The van der Waals surface area contributed by atoms with E-state index in [1.165, 1.54) is 0 Å². The van der Waals surface area contributed by atoms with Gasteiger partial charge < -0.3 is 10.6 Å². The molecule has 0 fully saturated rings. The van der Waals surface area contributed by atoms with Gasteiger partial charge in [-0.15, -0.1) is 0 Å². The highest BCUT2D eigenvalue weighted by atomic mass is 15.2. The lowest BCUT2D eigenvalue weighted by Crippen LogP contribution is -2.31. The van der Waals surface area contributed by atoms with Crippen LogP contribution in [-0.2, 0) is 0 Å². The topological polar surface area (TPSA) is 65.9 Å². The summed E-state index contributed by atoms with van der Waals surface area (Å²) in [6.07, 6.45) is 0. The van der Waals surface area contributed by atoms with E-state index >= 15 is 0 Å². The normalized spacial score (nSPS) is 10.5. The van der Waals surface area contributed by atoms with Crippen LogP contribution < -0.4 is 10.6 Å². The third-order valence-corrected chi connectivity index (χ3v) is 5.12. The summed E-state index contributed by atoms with van der Waals surface area (Å²) in [5.74, 6) is 0.721. The Bertz CT molecular complexity index is 1000. The Morgan fingerprint density at radius 1 is 1.00 bits per heavy atom. The molecule has 0 atom stereocenters. The van der Waals surface area contributed by atoms with Gasteiger partial charge in [0.15, 0.2) is 0 Å². The molecule has 0 saturated carbocycles. The average molecular weight is 371 g/mol. The van der Waals surface area contributed by atoms with E-state index in [-0.39, 0.29) is 0 Å². The van der Waals surface area contributed by atoms with Crippen LogP contribution in [0.2, 0.25) is 0 Å². The van der Waals surface area contributed by atoms with Gasteiger partial charge in [-0.25, -0.2) is 4.98 Å². The zero-order valence-corrected chi connectivity index (χ0v) is 16.7. The van der Waals surface area contributed by atoms with E-state index in [0.717, 1.165) is 45.9 Å². The fourth-order valence-electron chi connectivity index (χ4n) is 3.53. The summed E-state index contributed by atoms with van der Waals surface area (Å²) in [7, 11) is 0. The van der Waals surface area contributed by atoms with Crippen molar-refractivity contribution in [3.8, 4) is 28.3 Å². The van der Waals surface area contributed by atoms with Crippen LogP contribution >= 0.6 is 0 Å². The summed E-state index contributed by atoms with van der Waals surface area (Å²) < 4.78 is 0. The third-order valence-electron chi connectivity index (χ3n) is 5.12. The quantitative estimate of drug-likeness (QED) is 0.684. The van der Waals surface area contributed by atoms with Crippen LogP contribution in [-0.4, -0.2) is 24.6 Å². The summed E-state index contributed by atoms with van der Waals surface area (Å²) in [4.78, 5) is 6.83. The largest absolute Gasteiger partial charge is 0.355 e. The van der Waals surface area contributed by atoms with Crippen molar-refractivity contribution in [2.45, 2.75) is 20.8 Å². The second kappa shape index (κ2) is 8.69. The Balaban J connectivity index is 2.22. The van der Waals surface area contributed by atoms with Crippen molar-refractivity contribution in [1.82, 2.24) is 4.98 Å². The lowest BCUT2D eigenvalue weighted by Gasteiger charge is -2.25. The van der Waals surface area contributed by atoms with E-state index in [1.54, 1.807) is 0 Å². The van der Waals surface area contributed by atoms with Gasteiger partial charge in [0.05, 0.1) is 0 Å². The Hall–Kier alpha value is -3.16. The van der Waals surface area contributed by atoms with E-state index in [0.29, 0.717) is 18.7 Å². The van der Waals surface area contributed by atoms with Crippen LogP contribution in [0.15, 0.2) is 54.6 Å². The van der Waals surface area contributed by atoms with Gasteiger partial charge in [-0.2, -0.15) is 5.26 Å². The molecule has 0 spiro atoms. The molecule has 3 rings (SSSR count). The van der Waals surface area contributed by atoms with E-state index in [9.17, 15) is 5.26 Å². The predicted molar refractivity (Wildman–Crippen MR) is 116 cm³/mol. The first-order valence-corrected chi connectivity index (χ1v) is 9.62. The molecule has 28 heavy (non-hydrogen) atoms.